The van der Waals surface area contributed by atoms with Crippen LogP contribution in [-0.4, -0.2) is 36.1 Å². The lowest BCUT2D eigenvalue weighted by molar-refractivity contribution is 0.0619. The molecule has 1 aromatic rings. The molecule has 110 valence electrons. The van der Waals surface area contributed by atoms with Gasteiger partial charge in [0.15, 0.2) is 0 Å². The molecule has 0 bridgehead atoms. The first-order valence-electron chi connectivity index (χ1n) is 8.12. The lowest BCUT2D eigenvalue weighted by Gasteiger charge is -2.47. The SMILES string of the molecule is CC1CN(CC2CCCc3ccccc32)C(C)(C)CN1. The number of fused-ring (bicyclic) bond motifs is 1. The fourth-order valence-corrected chi connectivity index (χ4v) is 3.81. The van der Waals surface area contributed by atoms with Gasteiger partial charge in [-0.3, -0.25) is 4.90 Å². The molecule has 2 aliphatic rings. The third-order valence-electron chi connectivity index (χ3n) is 5.17. The smallest absolute Gasteiger partial charge is 0.0278 e. The Morgan fingerprint density at radius 2 is 2.10 bits per heavy atom. The maximum absolute atomic E-state index is 3.62. The van der Waals surface area contributed by atoms with Gasteiger partial charge in [-0.1, -0.05) is 24.3 Å². The molecule has 0 radical (unpaired) electrons. The molecule has 1 aromatic carbocycles. The summed E-state index contributed by atoms with van der Waals surface area (Å²) in [7, 11) is 0. The van der Waals surface area contributed by atoms with Crippen LogP contribution in [-0.2, 0) is 6.42 Å². The topological polar surface area (TPSA) is 15.3 Å². The molecule has 1 fully saturated rings. The fourth-order valence-electron chi connectivity index (χ4n) is 3.81. The molecule has 2 atom stereocenters. The molecule has 2 unspecified atom stereocenters. The summed E-state index contributed by atoms with van der Waals surface area (Å²) >= 11 is 0. The van der Waals surface area contributed by atoms with Crippen LogP contribution >= 0.6 is 0 Å². The van der Waals surface area contributed by atoms with E-state index in [1.165, 1.54) is 32.4 Å². The third-order valence-corrected chi connectivity index (χ3v) is 5.17. The summed E-state index contributed by atoms with van der Waals surface area (Å²) in [4.78, 5) is 2.71. The zero-order chi connectivity index (χ0) is 14.2. The summed E-state index contributed by atoms with van der Waals surface area (Å²) in [6.07, 6.45) is 3.98. The van der Waals surface area contributed by atoms with Crippen LogP contribution in [0.3, 0.4) is 0 Å². The minimum absolute atomic E-state index is 0.277. The van der Waals surface area contributed by atoms with Crippen LogP contribution in [0.2, 0.25) is 0 Å². The number of rotatable bonds is 2. The Kier molecular flexibility index (Phi) is 3.87. The first kappa shape index (κ1) is 14.1. The number of hydrogen-bond donors (Lipinski definition) is 1. The first-order chi connectivity index (χ1) is 9.56. The van der Waals surface area contributed by atoms with Crippen molar-refractivity contribution >= 4 is 0 Å². The minimum Gasteiger partial charge on any atom is -0.311 e. The zero-order valence-corrected chi connectivity index (χ0v) is 13.2. The molecule has 0 saturated carbocycles. The maximum Gasteiger partial charge on any atom is 0.0278 e. The molecular formula is C18H28N2. The van der Waals surface area contributed by atoms with E-state index in [4.69, 9.17) is 0 Å². The molecule has 1 heterocycles. The van der Waals surface area contributed by atoms with Crippen LogP contribution in [0.1, 0.15) is 50.7 Å². The van der Waals surface area contributed by atoms with Gasteiger partial charge >= 0.3 is 0 Å². The van der Waals surface area contributed by atoms with Crippen molar-refractivity contribution in [2.24, 2.45) is 0 Å². The lowest BCUT2D eigenvalue weighted by atomic mass is 9.81. The van der Waals surface area contributed by atoms with E-state index in [2.05, 4.69) is 55.3 Å². The lowest BCUT2D eigenvalue weighted by Crippen LogP contribution is -2.61. The standard InChI is InChI=1S/C18H28N2/c1-14-11-20(18(2,3)13-19-14)12-16-9-6-8-15-7-4-5-10-17(15)16/h4-5,7,10,14,16,19H,6,8-9,11-13H2,1-3H3. The van der Waals surface area contributed by atoms with Crippen molar-refractivity contribution in [3.8, 4) is 0 Å². The first-order valence-corrected chi connectivity index (χ1v) is 8.12. The molecule has 0 aromatic heterocycles. The number of piperazine rings is 1. The Bertz CT molecular complexity index is 466. The second-order valence-corrected chi connectivity index (χ2v) is 7.29. The number of aryl methyl sites for hydroxylation is 1. The Morgan fingerprint density at radius 3 is 2.95 bits per heavy atom. The van der Waals surface area contributed by atoms with Gasteiger partial charge in [0.25, 0.3) is 0 Å². The van der Waals surface area contributed by atoms with E-state index >= 15 is 0 Å². The molecule has 0 amide bonds. The molecule has 2 nitrogen and oxygen atoms in total. The van der Waals surface area contributed by atoms with Gasteiger partial charge in [0, 0.05) is 31.2 Å². The summed E-state index contributed by atoms with van der Waals surface area (Å²) < 4.78 is 0. The van der Waals surface area contributed by atoms with E-state index < -0.39 is 0 Å². The monoisotopic (exact) mass is 272 g/mol. The van der Waals surface area contributed by atoms with Crippen LogP contribution in [0.15, 0.2) is 24.3 Å². The van der Waals surface area contributed by atoms with Crippen molar-refractivity contribution in [3.05, 3.63) is 35.4 Å². The van der Waals surface area contributed by atoms with Gasteiger partial charge < -0.3 is 5.32 Å². The largest absolute Gasteiger partial charge is 0.311 e. The van der Waals surface area contributed by atoms with Gasteiger partial charge in [-0.15, -0.1) is 0 Å². The maximum atomic E-state index is 3.62. The highest BCUT2D eigenvalue weighted by Crippen LogP contribution is 2.34. The third kappa shape index (κ3) is 2.77. The van der Waals surface area contributed by atoms with E-state index in [-0.39, 0.29) is 5.54 Å². The van der Waals surface area contributed by atoms with E-state index in [1.54, 1.807) is 11.1 Å². The van der Waals surface area contributed by atoms with Gasteiger partial charge in [0.2, 0.25) is 0 Å². The Hall–Kier alpha value is -0.860. The molecule has 2 heteroatoms. The Labute approximate surface area is 123 Å². The molecule has 3 rings (SSSR count). The highest BCUT2D eigenvalue weighted by molar-refractivity contribution is 5.33. The summed E-state index contributed by atoms with van der Waals surface area (Å²) in [6.45, 7) is 10.5. The zero-order valence-electron chi connectivity index (χ0n) is 13.2. The van der Waals surface area contributed by atoms with Crippen LogP contribution in [0.5, 0.6) is 0 Å². The summed E-state index contributed by atoms with van der Waals surface area (Å²) in [5.74, 6) is 0.726. The Morgan fingerprint density at radius 1 is 1.30 bits per heavy atom. The molecule has 1 N–H and O–H groups in total. The second kappa shape index (κ2) is 5.50. The van der Waals surface area contributed by atoms with Crippen molar-refractivity contribution in [2.75, 3.05) is 19.6 Å². The normalized spacial score (nSPS) is 29.9. The second-order valence-electron chi connectivity index (χ2n) is 7.29. The van der Waals surface area contributed by atoms with Gasteiger partial charge in [-0.05, 0) is 57.1 Å². The number of benzene rings is 1. The van der Waals surface area contributed by atoms with Crippen molar-refractivity contribution < 1.29 is 0 Å². The molecule has 20 heavy (non-hydrogen) atoms. The molecule has 1 aliphatic heterocycles. The van der Waals surface area contributed by atoms with Crippen LogP contribution in [0.4, 0.5) is 0 Å². The van der Waals surface area contributed by atoms with E-state index in [1.807, 2.05) is 0 Å². The Balaban J connectivity index is 1.78. The number of nitrogens with zero attached hydrogens (tertiary/aromatic N) is 1. The van der Waals surface area contributed by atoms with Gasteiger partial charge in [0.05, 0.1) is 0 Å². The number of hydrogen-bond acceptors (Lipinski definition) is 2. The van der Waals surface area contributed by atoms with Crippen molar-refractivity contribution in [1.29, 1.82) is 0 Å². The predicted octanol–water partition coefficient (Wildman–Crippen LogP) is 3.18. The quantitative estimate of drug-likeness (QED) is 0.889. The molecule has 1 aliphatic carbocycles. The van der Waals surface area contributed by atoms with Crippen molar-refractivity contribution in [2.45, 2.75) is 57.5 Å². The summed E-state index contributed by atoms with van der Waals surface area (Å²) in [6, 6.07) is 9.70. The van der Waals surface area contributed by atoms with Gasteiger partial charge in [0.1, 0.15) is 0 Å². The highest BCUT2D eigenvalue weighted by atomic mass is 15.3. The predicted molar refractivity (Wildman–Crippen MR) is 85.2 cm³/mol. The van der Waals surface area contributed by atoms with Crippen LogP contribution < -0.4 is 5.32 Å². The average Bonchev–Trinajstić information content (AvgIpc) is 2.44. The van der Waals surface area contributed by atoms with Crippen LogP contribution in [0, 0.1) is 0 Å². The molecular weight excluding hydrogens is 244 g/mol. The fraction of sp³-hybridized carbons (Fsp3) is 0.667. The molecule has 1 saturated heterocycles. The van der Waals surface area contributed by atoms with Crippen molar-refractivity contribution in [1.82, 2.24) is 10.2 Å². The van der Waals surface area contributed by atoms with Gasteiger partial charge in [-0.25, -0.2) is 0 Å². The highest BCUT2D eigenvalue weighted by Gasteiger charge is 2.34. The van der Waals surface area contributed by atoms with E-state index in [0.717, 1.165) is 12.5 Å². The van der Waals surface area contributed by atoms with Crippen molar-refractivity contribution in [3.63, 3.8) is 0 Å². The average molecular weight is 272 g/mol. The summed E-state index contributed by atoms with van der Waals surface area (Å²) in [5, 5.41) is 3.62. The van der Waals surface area contributed by atoms with E-state index in [9.17, 15) is 0 Å². The van der Waals surface area contributed by atoms with E-state index in [0.29, 0.717) is 6.04 Å². The number of nitrogens with one attached hydrogen (secondary N) is 1. The minimum atomic E-state index is 0.277. The van der Waals surface area contributed by atoms with Gasteiger partial charge in [-0.2, -0.15) is 0 Å². The van der Waals surface area contributed by atoms with Crippen LogP contribution in [0.25, 0.3) is 0 Å². The molecule has 0 spiro atoms. The summed E-state index contributed by atoms with van der Waals surface area (Å²) in [5.41, 5.74) is 3.48.